The van der Waals surface area contributed by atoms with Crippen LogP contribution in [0.4, 0.5) is 0 Å². The molecule has 1 aliphatic carbocycles. The molecule has 2 rings (SSSR count). The van der Waals surface area contributed by atoms with Gasteiger partial charge in [-0.15, -0.1) is 0 Å². The summed E-state index contributed by atoms with van der Waals surface area (Å²) in [6.45, 7) is 6.13. The predicted octanol–water partition coefficient (Wildman–Crippen LogP) is 2.58. The van der Waals surface area contributed by atoms with E-state index < -0.39 is 0 Å². The van der Waals surface area contributed by atoms with Gasteiger partial charge in [-0.2, -0.15) is 5.26 Å². The van der Waals surface area contributed by atoms with Crippen molar-refractivity contribution in [1.29, 1.82) is 5.26 Å². The molecule has 16 heavy (non-hydrogen) atoms. The molecule has 3 nitrogen and oxygen atoms in total. The van der Waals surface area contributed by atoms with Crippen molar-refractivity contribution in [2.24, 2.45) is 11.3 Å². The minimum absolute atomic E-state index is 0.0292. The first-order valence-corrected chi connectivity index (χ1v) is 5.81. The molecule has 0 aromatic carbocycles. The van der Waals surface area contributed by atoms with Crippen LogP contribution in [0, 0.1) is 22.7 Å². The van der Waals surface area contributed by atoms with E-state index in [2.05, 4.69) is 19.9 Å². The molecule has 0 fully saturated rings. The highest BCUT2D eigenvalue weighted by Crippen LogP contribution is 2.45. The third kappa shape index (κ3) is 1.63. The monoisotopic (exact) mass is 219 g/mol. The number of nitriles is 1. The van der Waals surface area contributed by atoms with Crippen LogP contribution >= 0.6 is 0 Å². The van der Waals surface area contributed by atoms with Gasteiger partial charge in [-0.05, 0) is 11.8 Å². The van der Waals surface area contributed by atoms with E-state index in [0.717, 1.165) is 18.6 Å². The fourth-order valence-electron chi connectivity index (χ4n) is 2.63. The van der Waals surface area contributed by atoms with Crippen LogP contribution in [0.25, 0.3) is 0 Å². The Morgan fingerprint density at radius 2 is 2.19 bits per heavy atom. The molecule has 3 heteroatoms. The molecule has 0 saturated carbocycles. The number of nitrogens with zero attached hydrogens (tertiary/aromatic N) is 1. The van der Waals surface area contributed by atoms with E-state index in [1.165, 1.54) is 0 Å². The molecule has 1 heterocycles. The maximum absolute atomic E-state index is 12.0. The minimum atomic E-state index is -0.344. The van der Waals surface area contributed by atoms with Gasteiger partial charge in [-0.25, -0.2) is 0 Å². The predicted molar refractivity (Wildman–Crippen MR) is 59.3 cm³/mol. The summed E-state index contributed by atoms with van der Waals surface area (Å²) in [7, 11) is 0. The van der Waals surface area contributed by atoms with Gasteiger partial charge in [-0.1, -0.05) is 20.8 Å². The molecule has 1 aliphatic heterocycles. The first kappa shape index (κ1) is 11.2. The van der Waals surface area contributed by atoms with E-state index in [9.17, 15) is 4.79 Å². The lowest BCUT2D eigenvalue weighted by Crippen LogP contribution is -2.26. The van der Waals surface area contributed by atoms with Crippen molar-refractivity contribution in [3.8, 4) is 6.07 Å². The third-order valence-electron chi connectivity index (χ3n) is 3.40. The van der Waals surface area contributed by atoms with Crippen LogP contribution in [-0.2, 0) is 9.53 Å². The zero-order chi connectivity index (χ0) is 11.9. The fourth-order valence-corrected chi connectivity index (χ4v) is 2.63. The van der Waals surface area contributed by atoms with Crippen LogP contribution < -0.4 is 0 Å². The van der Waals surface area contributed by atoms with Crippen LogP contribution in [-0.4, -0.2) is 11.9 Å². The van der Waals surface area contributed by atoms with E-state index in [1.54, 1.807) is 0 Å². The molecule has 2 atom stereocenters. The number of carbonyl (C=O) groups is 1. The largest absolute Gasteiger partial charge is 0.493 e. The summed E-state index contributed by atoms with van der Waals surface area (Å²) >= 11 is 0. The quantitative estimate of drug-likeness (QED) is 0.681. The second kappa shape index (κ2) is 3.62. The van der Waals surface area contributed by atoms with E-state index in [-0.39, 0.29) is 23.2 Å². The molecule has 0 unspecified atom stereocenters. The van der Waals surface area contributed by atoms with Crippen molar-refractivity contribution < 1.29 is 9.53 Å². The Bertz CT molecular complexity index is 401. The number of carbonyl (C=O) groups excluding carboxylic acids is 1. The molecule has 0 aromatic rings. The number of allylic oxidation sites excluding steroid dienone is 1. The Hall–Kier alpha value is -1.30. The number of rotatable bonds is 1. The van der Waals surface area contributed by atoms with Gasteiger partial charge in [0, 0.05) is 12.8 Å². The third-order valence-corrected chi connectivity index (χ3v) is 3.40. The molecular weight excluding hydrogens is 202 g/mol. The molecule has 0 amide bonds. The Balaban J connectivity index is 2.36. The van der Waals surface area contributed by atoms with E-state index in [4.69, 9.17) is 10.00 Å². The van der Waals surface area contributed by atoms with Crippen molar-refractivity contribution in [2.75, 3.05) is 0 Å². The average molecular weight is 219 g/mol. The number of hydrogen-bond acceptors (Lipinski definition) is 3. The first-order valence-electron chi connectivity index (χ1n) is 5.81. The van der Waals surface area contributed by atoms with E-state index in [0.29, 0.717) is 12.0 Å². The standard InChI is InChI=1S/C13H17NO2/c1-4-10-8(7-14)12-9(15)5-13(2,3)6-11(12)16-10/h8,10H,4-6H2,1-3H3/t8-,10+/m0/s1. The summed E-state index contributed by atoms with van der Waals surface area (Å²) in [5, 5.41) is 9.14. The van der Waals surface area contributed by atoms with E-state index >= 15 is 0 Å². The normalized spacial score (nSPS) is 32.0. The Kier molecular flexibility index (Phi) is 2.53. The Morgan fingerprint density at radius 3 is 2.75 bits per heavy atom. The molecule has 0 bridgehead atoms. The summed E-state index contributed by atoms with van der Waals surface area (Å²) in [6, 6.07) is 2.22. The second-order valence-electron chi connectivity index (χ2n) is 5.45. The summed E-state index contributed by atoms with van der Waals surface area (Å²) in [6.07, 6.45) is 1.97. The topological polar surface area (TPSA) is 50.1 Å². The smallest absolute Gasteiger partial charge is 0.164 e. The molecule has 0 saturated heterocycles. The average Bonchev–Trinajstić information content (AvgIpc) is 2.53. The highest BCUT2D eigenvalue weighted by molar-refractivity contribution is 5.98. The lowest BCUT2D eigenvalue weighted by molar-refractivity contribution is -0.118. The molecule has 0 N–H and O–H groups in total. The molecule has 0 aromatic heterocycles. The van der Waals surface area contributed by atoms with Gasteiger partial charge in [0.1, 0.15) is 17.8 Å². The number of ketones is 1. The van der Waals surface area contributed by atoms with Crippen molar-refractivity contribution in [1.82, 2.24) is 0 Å². The van der Waals surface area contributed by atoms with Crippen LogP contribution in [0.3, 0.4) is 0 Å². The Morgan fingerprint density at radius 1 is 1.50 bits per heavy atom. The fraction of sp³-hybridized carbons (Fsp3) is 0.692. The maximum Gasteiger partial charge on any atom is 0.164 e. The molecule has 2 aliphatic rings. The van der Waals surface area contributed by atoms with Crippen molar-refractivity contribution in [3.63, 3.8) is 0 Å². The van der Waals surface area contributed by atoms with Crippen molar-refractivity contribution >= 4 is 5.78 Å². The van der Waals surface area contributed by atoms with Crippen LogP contribution in [0.1, 0.15) is 40.0 Å². The summed E-state index contributed by atoms with van der Waals surface area (Å²) in [5.41, 5.74) is 0.632. The first-order chi connectivity index (χ1) is 7.48. The van der Waals surface area contributed by atoms with E-state index in [1.807, 2.05) is 6.92 Å². The zero-order valence-corrected chi connectivity index (χ0v) is 10.0. The number of Topliss-reactive ketones (excluding diaryl/α,β-unsaturated/α-hetero) is 1. The van der Waals surface area contributed by atoms with Crippen LogP contribution in [0.15, 0.2) is 11.3 Å². The molecule has 86 valence electrons. The summed E-state index contributed by atoms with van der Waals surface area (Å²) < 4.78 is 5.76. The van der Waals surface area contributed by atoms with Crippen LogP contribution in [0.5, 0.6) is 0 Å². The second-order valence-corrected chi connectivity index (χ2v) is 5.45. The highest BCUT2D eigenvalue weighted by Gasteiger charge is 2.45. The molecule has 0 radical (unpaired) electrons. The minimum Gasteiger partial charge on any atom is -0.493 e. The van der Waals surface area contributed by atoms with Gasteiger partial charge in [0.05, 0.1) is 11.6 Å². The van der Waals surface area contributed by atoms with Gasteiger partial charge in [0.15, 0.2) is 5.78 Å². The molecule has 0 spiro atoms. The van der Waals surface area contributed by atoms with Gasteiger partial charge < -0.3 is 4.74 Å². The van der Waals surface area contributed by atoms with Crippen LogP contribution in [0.2, 0.25) is 0 Å². The summed E-state index contributed by atoms with van der Waals surface area (Å²) in [5.74, 6) is 0.539. The van der Waals surface area contributed by atoms with Gasteiger partial charge in [0.2, 0.25) is 0 Å². The van der Waals surface area contributed by atoms with Gasteiger partial charge in [-0.3, -0.25) is 4.79 Å². The van der Waals surface area contributed by atoms with Gasteiger partial charge in [0.25, 0.3) is 0 Å². The SMILES string of the molecule is CC[C@H]1OC2=C(C(=O)CC(C)(C)C2)[C@H]1C#N. The van der Waals surface area contributed by atoms with Crippen molar-refractivity contribution in [2.45, 2.75) is 46.1 Å². The molecular formula is C13H17NO2. The summed E-state index contributed by atoms with van der Waals surface area (Å²) in [4.78, 5) is 12.0. The number of ether oxygens (including phenoxy) is 1. The van der Waals surface area contributed by atoms with Crippen molar-refractivity contribution in [3.05, 3.63) is 11.3 Å². The Labute approximate surface area is 96.1 Å². The highest BCUT2D eigenvalue weighted by atomic mass is 16.5. The van der Waals surface area contributed by atoms with Gasteiger partial charge >= 0.3 is 0 Å². The maximum atomic E-state index is 12.0. The lowest BCUT2D eigenvalue weighted by Gasteiger charge is -2.28. The lowest BCUT2D eigenvalue weighted by atomic mass is 9.74. The zero-order valence-electron chi connectivity index (χ0n) is 10.0. The number of hydrogen-bond donors (Lipinski definition) is 0.